The molecule has 0 aliphatic heterocycles. The van der Waals surface area contributed by atoms with Crippen LogP contribution in [0.2, 0.25) is 0 Å². The van der Waals surface area contributed by atoms with Crippen LogP contribution in [0.25, 0.3) is 0 Å². The van der Waals surface area contributed by atoms with Crippen molar-refractivity contribution < 1.29 is 4.74 Å². The molecule has 1 aromatic rings. The van der Waals surface area contributed by atoms with Gasteiger partial charge >= 0.3 is 0 Å². The minimum Gasteiger partial charge on any atom is -0.494 e. The van der Waals surface area contributed by atoms with Gasteiger partial charge in [0.05, 0.1) is 6.61 Å². The Hall–Kier alpha value is -0.730. The van der Waals surface area contributed by atoms with Crippen molar-refractivity contribution in [3.05, 3.63) is 29.8 Å². The molecule has 84 valence electrons. The molecule has 2 N–H and O–H groups in total. The van der Waals surface area contributed by atoms with Gasteiger partial charge in [0.1, 0.15) is 5.75 Å². The number of hydrogen-bond donors (Lipinski definition) is 1. The van der Waals surface area contributed by atoms with E-state index in [1.54, 1.807) is 0 Å². The van der Waals surface area contributed by atoms with Crippen LogP contribution >= 0.6 is 12.4 Å². The average molecular weight is 228 g/mol. The van der Waals surface area contributed by atoms with Crippen LogP contribution in [-0.4, -0.2) is 6.61 Å². The number of benzene rings is 1. The SMILES string of the molecule is CCOc1ccc([C@H](N)C2CC2)cc1.Cl. The molecular formula is C12H18ClNO. The Morgan fingerprint density at radius 1 is 1.33 bits per heavy atom. The molecule has 0 amide bonds. The van der Waals surface area contributed by atoms with E-state index in [9.17, 15) is 0 Å². The van der Waals surface area contributed by atoms with Gasteiger partial charge in [-0.3, -0.25) is 0 Å². The molecule has 2 rings (SSSR count). The molecule has 1 fully saturated rings. The third kappa shape index (κ3) is 3.11. The van der Waals surface area contributed by atoms with Crippen molar-refractivity contribution in [1.29, 1.82) is 0 Å². The van der Waals surface area contributed by atoms with Crippen molar-refractivity contribution in [3.8, 4) is 5.75 Å². The Morgan fingerprint density at radius 2 is 1.93 bits per heavy atom. The highest BCUT2D eigenvalue weighted by Gasteiger charge is 2.29. The Morgan fingerprint density at radius 3 is 2.40 bits per heavy atom. The number of hydrogen-bond acceptors (Lipinski definition) is 2. The van der Waals surface area contributed by atoms with Crippen LogP contribution in [0, 0.1) is 5.92 Å². The average Bonchev–Trinajstić information content (AvgIpc) is 3.02. The molecule has 0 unspecified atom stereocenters. The summed E-state index contributed by atoms with van der Waals surface area (Å²) in [6.07, 6.45) is 2.57. The number of nitrogens with two attached hydrogens (primary N) is 1. The molecule has 1 aliphatic carbocycles. The Balaban J connectivity index is 0.00000112. The lowest BCUT2D eigenvalue weighted by Gasteiger charge is -2.11. The zero-order valence-electron chi connectivity index (χ0n) is 8.98. The first kappa shape index (κ1) is 12.3. The molecule has 0 spiro atoms. The van der Waals surface area contributed by atoms with Crippen molar-refractivity contribution in [2.24, 2.45) is 11.7 Å². The molecule has 3 heteroatoms. The van der Waals surface area contributed by atoms with E-state index < -0.39 is 0 Å². The maximum atomic E-state index is 6.08. The molecule has 1 saturated carbocycles. The van der Waals surface area contributed by atoms with Crippen LogP contribution < -0.4 is 10.5 Å². The maximum absolute atomic E-state index is 6.08. The quantitative estimate of drug-likeness (QED) is 0.859. The van der Waals surface area contributed by atoms with Crippen molar-refractivity contribution in [2.75, 3.05) is 6.61 Å². The summed E-state index contributed by atoms with van der Waals surface area (Å²) in [5.41, 5.74) is 7.32. The van der Waals surface area contributed by atoms with Gasteiger partial charge in [-0.1, -0.05) is 12.1 Å². The Labute approximate surface area is 97.2 Å². The van der Waals surface area contributed by atoms with E-state index in [0.29, 0.717) is 12.5 Å². The zero-order chi connectivity index (χ0) is 9.97. The molecule has 1 atom stereocenters. The van der Waals surface area contributed by atoms with Crippen molar-refractivity contribution in [1.82, 2.24) is 0 Å². The normalized spacial score (nSPS) is 16.7. The summed E-state index contributed by atoms with van der Waals surface area (Å²) < 4.78 is 5.38. The molecule has 1 aromatic carbocycles. The highest BCUT2D eigenvalue weighted by atomic mass is 35.5. The first-order valence-electron chi connectivity index (χ1n) is 5.29. The van der Waals surface area contributed by atoms with Gasteiger partial charge in [-0.05, 0) is 43.4 Å². The Bertz CT molecular complexity index is 295. The van der Waals surface area contributed by atoms with E-state index in [1.165, 1.54) is 18.4 Å². The summed E-state index contributed by atoms with van der Waals surface area (Å²) in [7, 11) is 0. The van der Waals surface area contributed by atoms with E-state index in [4.69, 9.17) is 10.5 Å². The van der Waals surface area contributed by atoms with Crippen LogP contribution in [0.3, 0.4) is 0 Å². The Kier molecular flexibility index (Phi) is 4.43. The minimum absolute atomic E-state index is 0. The fourth-order valence-corrected chi connectivity index (χ4v) is 1.68. The third-order valence-electron chi connectivity index (χ3n) is 2.71. The van der Waals surface area contributed by atoms with Gasteiger partial charge in [0, 0.05) is 6.04 Å². The van der Waals surface area contributed by atoms with Gasteiger partial charge in [-0.2, -0.15) is 0 Å². The van der Waals surface area contributed by atoms with Gasteiger partial charge in [-0.15, -0.1) is 12.4 Å². The van der Waals surface area contributed by atoms with E-state index in [0.717, 1.165) is 5.75 Å². The standard InChI is InChI=1S/C12H17NO.ClH/c1-2-14-11-7-5-10(6-8-11)12(13)9-3-4-9;/h5-9,12H,2-4,13H2,1H3;1H/t12-;/m1./s1. The number of ether oxygens (including phenoxy) is 1. The third-order valence-corrected chi connectivity index (χ3v) is 2.71. The molecule has 0 saturated heterocycles. The van der Waals surface area contributed by atoms with Gasteiger partial charge < -0.3 is 10.5 Å². The van der Waals surface area contributed by atoms with E-state index >= 15 is 0 Å². The summed E-state index contributed by atoms with van der Waals surface area (Å²) in [5.74, 6) is 1.65. The van der Waals surface area contributed by atoms with Crippen LogP contribution in [0.5, 0.6) is 5.75 Å². The lowest BCUT2D eigenvalue weighted by atomic mass is 10.0. The molecule has 0 bridgehead atoms. The number of halogens is 1. The van der Waals surface area contributed by atoms with Crippen LogP contribution in [-0.2, 0) is 0 Å². The topological polar surface area (TPSA) is 35.2 Å². The fourth-order valence-electron chi connectivity index (χ4n) is 1.68. The fraction of sp³-hybridized carbons (Fsp3) is 0.500. The van der Waals surface area contributed by atoms with Crippen LogP contribution in [0.4, 0.5) is 0 Å². The maximum Gasteiger partial charge on any atom is 0.119 e. The first-order chi connectivity index (χ1) is 6.81. The monoisotopic (exact) mass is 227 g/mol. The second-order valence-corrected chi connectivity index (χ2v) is 3.87. The summed E-state index contributed by atoms with van der Waals surface area (Å²) in [6, 6.07) is 8.38. The molecule has 0 heterocycles. The second kappa shape index (κ2) is 5.38. The minimum atomic E-state index is 0. The van der Waals surface area contributed by atoms with Gasteiger partial charge in [0.15, 0.2) is 0 Å². The lowest BCUT2D eigenvalue weighted by molar-refractivity contribution is 0.340. The molecular weight excluding hydrogens is 210 g/mol. The van der Waals surface area contributed by atoms with Crippen molar-refractivity contribution >= 4 is 12.4 Å². The summed E-state index contributed by atoms with van der Waals surface area (Å²) in [6.45, 7) is 2.71. The predicted molar refractivity (Wildman–Crippen MR) is 64.5 cm³/mol. The molecule has 1 aliphatic rings. The first-order valence-corrected chi connectivity index (χ1v) is 5.29. The lowest BCUT2D eigenvalue weighted by Crippen LogP contribution is -2.11. The van der Waals surface area contributed by atoms with E-state index in [1.807, 2.05) is 19.1 Å². The summed E-state index contributed by atoms with van der Waals surface area (Å²) in [4.78, 5) is 0. The molecule has 0 aromatic heterocycles. The van der Waals surface area contributed by atoms with Crippen LogP contribution in [0.1, 0.15) is 31.4 Å². The smallest absolute Gasteiger partial charge is 0.119 e. The highest BCUT2D eigenvalue weighted by molar-refractivity contribution is 5.85. The molecule has 0 radical (unpaired) electrons. The van der Waals surface area contributed by atoms with Crippen molar-refractivity contribution in [2.45, 2.75) is 25.8 Å². The van der Waals surface area contributed by atoms with Gasteiger partial charge in [0.25, 0.3) is 0 Å². The highest BCUT2D eigenvalue weighted by Crippen LogP contribution is 2.39. The largest absolute Gasteiger partial charge is 0.494 e. The molecule has 2 nitrogen and oxygen atoms in total. The van der Waals surface area contributed by atoms with Gasteiger partial charge in [-0.25, -0.2) is 0 Å². The molecule has 15 heavy (non-hydrogen) atoms. The van der Waals surface area contributed by atoms with Crippen LogP contribution in [0.15, 0.2) is 24.3 Å². The summed E-state index contributed by atoms with van der Waals surface area (Å²) in [5, 5.41) is 0. The predicted octanol–water partition coefficient (Wildman–Crippen LogP) is 2.92. The second-order valence-electron chi connectivity index (χ2n) is 3.87. The summed E-state index contributed by atoms with van der Waals surface area (Å²) >= 11 is 0. The zero-order valence-corrected chi connectivity index (χ0v) is 9.80. The van der Waals surface area contributed by atoms with E-state index in [2.05, 4.69) is 12.1 Å². The van der Waals surface area contributed by atoms with Gasteiger partial charge in [0.2, 0.25) is 0 Å². The van der Waals surface area contributed by atoms with E-state index in [-0.39, 0.29) is 18.4 Å². The van der Waals surface area contributed by atoms with Crippen molar-refractivity contribution in [3.63, 3.8) is 0 Å². The number of rotatable bonds is 4.